The lowest BCUT2D eigenvalue weighted by Gasteiger charge is -2.20. The first kappa shape index (κ1) is 21.2. The monoisotopic (exact) mass is 437 g/mol. The quantitative estimate of drug-likeness (QED) is 0.390. The molecule has 160 valence electrons. The second kappa shape index (κ2) is 9.41. The van der Waals surface area contributed by atoms with Crippen molar-refractivity contribution in [2.75, 3.05) is 13.2 Å². The summed E-state index contributed by atoms with van der Waals surface area (Å²) < 4.78 is 20.3. The maximum Gasteiger partial charge on any atom is 0.259 e. The third kappa shape index (κ3) is 4.84. The molecule has 0 bridgehead atoms. The van der Waals surface area contributed by atoms with Gasteiger partial charge >= 0.3 is 0 Å². The van der Waals surface area contributed by atoms with E-state index < -0.39 is 0 Å². The molecule has 2 aromatic carbocycles. The Labute approximate surface area is 184 Å². The van der Waals surface area contributed by atoms with Gasteiger partial charge in [0.25, 0.3) is 5.56 Å². The molecule has 0 saturated heterocycles. The highest BCUT2D eigenvalue weighted by molar-refractivity contribution is 7.15. The molecule has 0 atom stereocenters. The van der Waals surface area contributed by atoms with Gasteiger partial charge in [-0.3, -0.25) is 14.1 Å². The van der Waals surface area contributed by atoms with E-state index in [2.05, 4.69) is 24.0 Å². The fourth-order valence-corrected chi connectivity index (χ4v) is 4.41. The average Bonchev–Trinajstić information content (AvgIpc) is 3.20. The van der Waals surface area contributed by atoms with Gasteiger partial charge in [0.2, 0.25) is 0 Å². The number of fused-ring (bicyclic) bond motifs is 1. The normalized spacial score (nSPS) is 11.4. The highest BCUT2D eigenvalue weighted by Gasteiger charge is 2.13. The summed E-state index contributed by atoms with van der Waals surface area (Å²) in [6.45, 7) is 6.89. The molecule has 0 N–H and O–H groups in total. The summed E-state index contributed by atoms with van der Waals surface area (Å²) in [6, 6.07) is 15.8. The van der Waals surface area contributed by atoms with Gasteiger partial charge in [0.05, 0.1) is 18.0 Å². The Morgan fingerprint density at radius 1 is 1.06 bits per heavy atom. The van der Waals surface area contributed by atoms with Gasteiger partial charge in [0.15, 0.2) is 4.96 Å². The van der Waals surface area contributed by atoms with Crippen molar-refractivity contribution in [3.63, 3.8) is 0 Å². The van der Waals surface area contributed by atoms with Crippen LogP contribution in [0.1, 0.15) is 25.1 Å². The zero-order chi connectivity index (χ0) is 21.8. The first-order valence-electron chi connectivity index (χ1n) is 10.3. The number of rotatable bonds is 8. The summed E-state index contributed by atoms with van der Waals surface area (Å²) in [4.78, 5) is 20.5. The highest BCUT2D eigenvalue weighted by atomic mass is 32.1. The second-order valence-corrected chi connectivity index (χ2v) is 8.05. The smallest absolute Gasteiger partial charge is 0.259 e. The molecular formula is C24H24FN3O2S. The van der Waals surface area contributed by atoms with Crippen LogP contribution in [-0.2, 0) is 13.1 Å². The molecule has 0 saturated carbocycles. The molecule has 0 spiro atoms. The largest absolute Gasteiger partial charge is 0.494 e. The number of aromatic nitrogens is 2. The number of hydrogen-bond acceptors (Lipinski definition) is 5. The van der Waals surface area contributed by atoms with Crippen molar-refractivity contribution in [2.24, 2.45) is 0 Å². The molecule has 0 fully saturated rings. The zero-order valence-corrected chi connectivity index (χ0v) is 18.4. The molecule has 0 aliphatic rings. The zero-order valence-electron chi connectivity index (χ0n) is 17.5. The Morgan fingerprint density at radius 3 is 2.48 bits per heavy atom. The summed E-state index contributed by atoms with van der Waals surface area (Å²) in [5.74, 6) is 0.562. The minimum Gasteiger partial charge on any atom is -0.494 e. The molecule has 4 aromatic rings. The molecule has 0 aliphatic carbocycles. The molecule has 2 heterocycles. The van der Waals surface area contributed by atoms with Gasteiger partial charge in [0, 0.05) is 24.5 Å². The molecule has 4 rings (SSSR count). The van der Waals surface area contributed by atoms with Crippen LogP contribution in [0.3, 0.4) is 0 Å². The van der Waals surface area contributed by atoms with E-state index in [9.17, 15) is 9.18 Å². The van der Waals surface area contributed by atoms with Gasteiger partial charge in [-0.2, -0.15) is 0 Å². The van der Waals surface area contributed by atoms with Gasteiger partial charge in [-0.1, -0.05) is 19.1 Å². The first-order chi connectivity index (χ1) is 15.1. The topological polar surface area (TPSA) is 46.8 Å². The minimum atomic E-state index is -0.303. The van der Waals surface area contributed by atoms with Crippen LogP contribution in [0.2, 0.25) is 0 Å². The maximum absolute atomic E-state index is 13.3. The Kier molecular flexibility index (Phi) is 6.44. The minimum absolute atomic E-state index is 0.127. The van der Waals surface area contributed by atoms with E-state index >= 15 is 0 Å². The fraction of sp³-hybridized carbons (Fsp3) is 0.250. The molecule has 2 aromatic heterocycles. The molecule has 0 radical (unpaired) electrons. The summed E-state index contributed by atoms with van der Waals surface area (Å²) in [5.41, 5.74) is 3.31. The van der Waals surface area contributed by atoms with Crippen molar-refractivity contribution in [1.29, 1.82) is 0 Å². The van der Waals surface area contributed by atoms with Crippen LogP contribution in [0.4, 0.5) is 4.39 Å². The SMILES string of the molecule is CCOc1ccc(CN(CC)Cc2cc(=O)n3c(-c4ccc(F)cc4)csc3n2)cc1. The van der Waals surface area contributed by atoms with Crippen LogP contribution >= 0.6 is 11.3 Å². The fourth-order valence-electron chi connectivity index (χ4n) is 3.49. The lowest BCUT2D eigenvalue weighted by molar-refractivity contribution is 0.268. The van der Waals surface area contributed by atoms with Crippen molar-refractivity contribution in [1.82, 2.24) is 14.3 Å². The Balaban J connectivity index is 1.55. The molecule has 7 heteroatoms. The highest BCUT2D eigenvalue weighted by Crippen LogP contribution is 2.24. The predicted molar refractivity (Wildman–Crippen MR) is 122 cm³/mol. The standard InChI is InChI=1S/C24H24FN3O2S/c1-3-27(14-17-5-11-21(12-6-17)30-4-2)15-20-13-23(29)28-22(16-31-24(28)26-20)18-7-9-19(25)10-8-18/h5-13,16H,3-4,14-15H2,1-2H3. The molecule has 0 aliphatic heterocycles. The van der Waals surface area contributed by atoms with Gasteiger partial charge in [0.1, 0.15) is 11.6 Å². The van der Waals surface area contributed by atoms with E-state index in [1.54, 1.807) is 22.6 Å². The number of benzene rings is 2. The van der Waals surface area contributed by atoms with E-state index in [-0.39, 0.29) is 11.4 Å². The van der Waals surface area contributed by atoms with Crippen molar-refractivity contribution in [3.05, 3.63) is 87.4 Å². The van der Waals surface area contributed by atoms with E-state index in [1.165, 1.54) is 29.0 Å². The van der Waals surface area contributed by atoms with Gasteiger partial charge < -0.3 is 4.74 Å². The lowest BCUT2D eigenvalue weighted by atomic mass is 10.2. The van der Waals surface area contributed by atoms with Crippen molar-refractivity contribution in [3.8, 4) is 17.0 Å². The number of ether oxygens (including phenoxy) is 1. The third-order valence-electron chi connectivity index (χ3n) is 5.07. The number of nitrogens with zero attached hydrogens (tertiary/aromatic N) is 3. The maximum atomic E-state index is 13.3. The first-order valence-corrected chi connectivity index (χ1v) is 11.2. The van der Waals surface area contributed by atoms with E-state index in [0.717, 1.165) is 35.8 Å². The van der Waals surface area contributed by atoms with E-state index in [4.69, 9.17) is 9.72 Å². The van der Waals surface area contributed by atoms with Crippen LogP contribution in [0.5, 0.6) is 5.75 Å². The van der Waals surface area contributed by atoms with Crippen molar-refractivity contribution in [2.45, 2.75) is 26.9 Å². The van der Waals surface area contributed by atoms with Gasteiger partial charge in [-0.15, -0.1) is 11.3 Å². The predicted octanol–water partition coefficient (Wildman–Crippen LogP) is 4.98. The summed E-state index contributed by atoms with van der Waals surface area (Å²) >= 11 is 1.41. The number of thiazole rings is 1. The van der Waals surface area contributed by atoms with E-state index in [0.29, 0.717) is 18.1 Å². The lowest BCUT2D eigenvalue weighted by Crippen LogP contribution is -2.25. The molecular weight excluding hydrogens is 413 g/mol. The van der Waals surface area contributed by atoms with Crippen LogP contribution in [0, 0.1) is 5.82 Å². The Morgan fingerprint density at radius 2 is 1.81 bits per heavy atom. The molecule has 5 nitrogen and oxygen atoms in total. The molecule has 0 amide bonds. The van der Waals surface area contributed by atoms with Gasteiger partial charge in [-0.05, 0) is 61.0 Å². The summed E-state index contributed by atoms with van der Waals surface area (Å²) in [6.07, 6.45) is 0. The number of hydrogen-bond donors (Lipinski definition) is 0. The average molecular weight is 438 g/mol. The third-order valence-corrected chi connectivity index (χ3v) is 5.90. The summed E-state index contributed by atoms with van der Waals surface area (Å²) in [5, 5.41) is 1.89. The summed E-state index contributed by atoms with van der Waals surface area (Å²) in [7, 11) is 0. The number of halogens is 1. The van der Waals surface area contributed by atoms with Crippen LogP contribution in [-0.4, -0.2) is 27.4 Å². The molecule has 0 unspecified atom stereocenters. The van der Waals surface area contributed by atoms with Crippen LogP contribution < -0.4 is 10.3 Å². The van der Waals surface area contributed by atoms with E-state index in [1.807, 2.05) is 24.4 Å². The Bertz CT molecular complexity index is 1220. The van der Waals surface area contributed by atoms with Gasteiger partial charge in [-0.25, -0.2) is 9.37 Å². The van der Waals surface area contributed by atoms with Crippen LogP contribution in [0.25, 0.3) is 16.2 Å². The van der Waals surface area contributed by atoms with Crippen molar-refractivity contribution < 1.29 is 9.13 Å². The van der Waals surface area contributed by atoms with Crippen molar-refractivity contribution >= 4 is 16.3 Å². The second-order valence-electron chi connectivity index (χ2n) is 7.21. The molecule has 31 heavy (non-hydrogen) atoms. The van der Waals surface area contributed by atoms with Crippen LogP contribution in [0.15, 0.2) is 64.8 Å². The Hall–Kier alpha value is -3.03.